The minimum absolute atomic E-state index is 0.0299. The number of amides is 1. The van der Waals surface area contributed by atoms with Crippen molar-refractivity contribution in [1.29, 1.82) is 5.26 Å². The Bertz CT molecular complexity index is 965. The van der Waals surface area contributed by atoms with E-state index in [2.05, 4.69) is 5.32 Å². The molecule has 3 rings (SSSR count). The number of nitriles is 1. The third kappa shape index (κ3) is 3.50. The standard InChI is InChI=1S/C18H13ClN4O3/c19-15-6-5-14(9-17(15)23(25)26)21-18(24)13(10-20)11-22-8-7-12-3-1-2-4-16(12)22/h1-6,9,11H,7-8H2,(H,21,24)/b13-11-. The number of para-hydroxylation sites is 1. The van der Waals surface area contributed by atoms with E-state index in [0.29, 0.717) is 6.54 Å². The first-order valence-electron chi connectivity index (χ1n) is 7.71. The SMILES string of the molecule is N#C/C(=C/N1CCc2ccccc21)C(=O)Nc1ccc(Cl)c([N+](=O)[O-])c1. The van der Waals surface area contributed by atoms with Crippen molar-refractivity contribution in [3.05, 3.63) is 74.9 Å². The molecule has 1 aliphatic heterocycles. The monoisotopic (exact) mass is 368 g/mol. The summed E-state index contributed by atoms with van der Waals surface area (Å²) in [6.07, 6.45) is 2.32. The number of halogens is 1. The number of fused-ring (bicyclic) bond motifs is 1. The number of carbonyl (C=O) groups is 1. The first-order valence-corrected chi connectivity index (χ1v) is 8.09. The van der Waals surface area contributed by atoms with Gasteiger partial charge in [0, 0.05) is 30.2 Å². The van der Waals surface area contributed by atoms with E-state index in [9.17, 15) is 20.2 Å². The van der Waals surface area contributed by atoms with E-state index in [1.165, 1.54) is 18.3 Å². The zero-order valence-electron chi connectivity index (χ0n) is 13.5. The normalized spacial score (nSPS) is 13.1. The number of nitrogens with zero attached hydrogens (tertiary/aromatic N) is 3. The van der Waals surface area contributed by atoms with E-state index < -0.39 is 10.8 Å². The minimum atomic E-state index is -0.645. The van der Waals surface area contributed by atoms with E-state index in [0.717, 1.165) is 23.7 Å². The van der Waals surface area contributed by atoms with Crippen LogP contribution in [0.5, 0.6) is 0 Å². The predicted molar refractivity (Wildman–Crippen MR) is 97.9 cm³/mol. The molecule has 1 N–H and O–H groups in total. The van der Waals surface area contributed by atoms with Gasteiger partial charge in [-0.25, -0.2) is 0 Å². The Balaban J connectivity index is 1.82. The highest BCUT2D eigenvalue weighted by molar-refractivity contribution is 6.32. The molecule has 1 amide bonds. The van der Waals surface area contributed by atoms with Gasteiger partial charge in [-0.1, -0.05) is 29.8 Å². The van der Waals surface area contributed by atoms with Gasteiger partial charge in [0.05, 0.1) is 4.92 Å². The second kappa shape index (κ2) is 7.25. The second-order valence-electron chi connectivity index (χ2n) is 5.60. The summed E-state index contributed by atoms with van der Waals surface area (Å²) in [5.74, 6) is -0.645. The number of hydrogen-bond acceptors (Lipinski definition) is 5. The Morgan fingerprint density at radius 2 is 2.12 bits per heavy atom. The maximum absolute atomic E-state index is 12.4. The van der Waals surface area contributed by atoms with Crippen molar-refractivity contribution in [3.8, 4) is 6.07 Å². The molecule has 0 aliphatic carbocycles. The fourth-order valence-corrected chi connectivity index (χ4v) is 2.91. The summed E-state index contributed by atoms with van der Waals surface area (Å²) in [7, 11) is 0. The molecule has 2 aromatic carbocycles. The molecular weight excluding hydrogens is 356 g/mol. The van der Waals surface area contributed by atoms with Crippen LogP contribution in [0.2, 0.25) is 5.02 Å². The van der Waals surface area contributed by atoms with Gasteiger partial charge in [0.2, 0.25) is 0 Å². The molecule has 0 aromatic heterocycles. The van der Waals surface area contributed by atoms with Gasteiger partial charge in [-0.15, -0.1) is 0 Å². The number of anilines is 2. The summed E-state index contributed by atoms with van der Waals surface area (Å²) in [6.45, 7) is 0.671. The molecule has 2 aromatic rings. The molecular formula is C18H13ClN4O3. The van der Waals surface area contributed by atoms with Crippen molar-refractivity contribution >= 4 is 34.6 Å². The predicted octanol–water partition coefficient (Wildman–Crippen LogP) is 3.66. The summed E-state index contributed by atoms with van der Waals surface area (Å²) in [4.78, 5) is 24.5. The fourth-order valence-electron chi connectivity index (χ4n) is 2.72. The Morgan fingerprint density at radius 1 is 1.35 bits per heavy atom. The van der Waals surface area contributed by atoms with Crippen LogP contribution in [-0.4, -0.2) is 17.4 Å². The third-order valence-corrected chi connectivity index (χ3v) is 4.29. The molecule has 0 unspecified atom stereocenters. The van der Waals surface area contributed by atoms with Crippen LogP contribution in [0.4, 0.5) is 17.1 Å². The quantitative estimate of drug-likeness (QED) is 0.384. The van der Waals surface area contributed by atoms with Crippen LogP contribution in [0.15, 0.2) is 54.2 Å². The Kier molecular flexibility index (Phi) is 4.87. The lowest BCUT2D eigenvalue weighted by molar-refractivity contribution is -0.384. The largest absolute Gasteiger partial charge is 0.346 e. The van der Waals surface area contributed by atoms with Crippen molar-refractivity contribution in [3.63, 3.8) is 0 Å². The summed E-state index contributed by atoms with van der Waals surface area (Å²) in [5.41, 5.74) is 1.87. The van der Waals surface area contributed by atoms with Crippen LogP contribution in [0.3, 0.4) is 0 Å². The lowest BCUT2D eigenvalue weighted by atomic mass is 10.2. The number of benzene rings is 2. The molecule has 1 aliphatic rings. The average molecular weight is 369 g/mol. The van der Waals surface area contributed by atoms with Gasteiger partial charge < -0.3 is 10.2 Å². The highest BCUT2D eigenvalue weighted by Crippen LogP contribution is 2.29. The lowest BCUT2D eigenvalue weighted by Crippen LogP contribution is -2.19. The summed E-state index contributed by atoms with van der Waals surface area (Å²) in [5, 5.41) is 22.7. The summed E-state index contributed by atoms with van der Waals surface area (Å²) in [6, 6.07) is 13.5. The number of nitro groups is 1. The Morgan fingerprint density at radius 3 is 2.85 bits per heavy atom. The number of rotatable bonds is 4. The molecule has 130 valence electrons. The van der Waals surface area contributed by atoms with Gasteiger partial charge in [-0.2, -0.15) is 5.26 Å². The summed E-state index contributed by atoms with van der Waals surface area (Å²) < 4.78 is 0. The van der Waals surface area contributed by atoms with Crippen LogP contribution >= 0.6 is 11.6 Å². The first kappa shape index (κ1) is 17.5. The molecule has 0 radical (unpaired) electrons. The van der Waals surface area contributed by atoms with Gasteiger partial charge in [0.15, 0.2) is 0 Å². The molecule has 8 heteroatoms. The minimum Gasteiger partial charge on any atom is -0.346 e. The summed E-state index contributed by atoms with van der Waals surface area (Å²) >= 11 is 5.75. The molecule has 0 saturated heterocycles. The Hall–Kier alpha value is -3.37. The van der Waals surface area contributed by atoms with Crippen LogP contribution in [0.25, 0.3) is 0 Å². The van der Waals surface area contributed by atoms with E-state index in [1.54, 1.807) is 0 Å². The van der Waals surface area contributed by atoms with E-state index >= 15 is 0 Å². The third-order valence-electron chi connectivity index (χ3n) is 3.97. The van der Waals surface area contributed by atoms with Crippen molar-refractivity contribution in [2.24, 2.45) is 0 Å². The van der Waals surface area contributed by atoms with Crippen molar-refractivity contribution in [1.82, 2.24) is 0 Å². The lowest BCUT2D eigenvalue weighted by Gasteiger charge is -2.14. The smallest absolute Gasteiger partial charge is 0.289 e. The molecule has 7 nitrogen and oxygen atoms in total. The molecule has 0 spiro atoms. The van der Waals surface area contributed by atoms with Gasteiger partial charge in [0.25, 0.3) is 11.6 Å². The van der Waals surface area contributed by atoms with Crippen LogP contribution in [0.1, 0.15) is 5.56 Å². The van der Waals surface area contributed by atoms with Crippen molar-refractivity contribution < 1.29 is 9.72 Å². The number of nitro benzene ring substituents is 1. The maximum Gasteiger partial charge on any atom is 0.289 e. The molecule has 1 heterocycles. The number of hydrogen-bond donors (Lipinski definition) is 1. The zero-order chi connectivity index (χ0) is 18.7. The highest BCUT2D eigenvalue weighted by Gasteiger charge is 2.20. The van der Waals surface area contributed by atoms with Crippen molar-refractivity contribution in [2.45, 2.75) is 6.42 Å². The molecule has 0 bridgehead atoms. The molecule has 0 saturated carbocycles. The fraction of sp³-hybridized carbons (Fsp3) is 0.111. The van der Waals surface area contributed by atoms with Crippen LogP contribution in [0, 0.1) is 21.4 Å². The van der Waals surface area contributed by atoms with Gasteiger partial charge in [0.1, 0.15) is 16.7 Å². The van der Waals surface area contributed by atoms with Gasteiger partial charge in [-0.3, -0.25) is 14.9 Å². The number of nitrogens with one attached hydrogen (secondary N) is 1. The first-order chi connectivity index (χ1) is 12.5. The molecule has 26 heavy (non-hydrogen) atoms. The van der Waals surface area contributed by atoms with Gasteiger partial charge in [-0.05, 0) is 30.2 Å². The molecule has 0 atom stereocenters. The zero-order valence-corrected chi connectivity index (χ0v) is 14.2. The van der Waals surface area contributed by atoms with Crippen LogP contribution < -0.4 is 10.2 Å². The molecule has 0 fully saturated rings. The van der Waals surface area contributed by atoms with E-state index in [1.807, 2.05) is 35.2 Å². The van der Waals surface area contributed by atoms with Crippen LogP contribution in [-0.2, 0) is 11.2 Å². The topological polar surface area (TPSA) is 99.3 Å². The number of carbonyl (C=O) groups excluding carboxylic acids is 1. The van der Waals surface area contributed by atoms with E-state index in [4.69, 9.17) is 11.6 Å². The Labute approximate surface area is 154 Å². The highest BCUT2D eigenvalue weighted by atomic mass is 35.5. The average Bonchev–Trinajstić information content (AvgIpc) is 3.04. The van der Waals surface area contributed by atoms with Crippen molar-refractivity contribution in [2.75, 3.05) is 16.8 Å². The van der Waals surface area contributed by atoms with Gasteiger partial charge >= 0.3 is 0 Å². The van der Waals surface area contributed by atoms with E-state index in [-0.39, 0.29) is 22.0 Å². The maximum atomic E-state index is 12.4. The second-order valence-corrected chi connectivity index (χ2v) is 6.01.